The number of nitrogens with two attached hydrogens (primary N) is 1. The lowest BCUT2D eigenvalue weighted by Crippen LogP contribution is -2.27. The van der Waals surface area contributed by atoms with Gasteiger partial charge >= 0.3 is 0 Å². The highest BCUT2D eigenvalue weighted by Crippen LogP contribution is 2.16. The van der Waals surface area contributed by atoms with Crippen molar-refractivity contribution in [2.75, 3.05) is 6.54 Å². The summed E-state index contributed by atoms with van der Waals surface area (Å²) < 4.78 is 0. The molecule has 1 aromatic carbocycles. The fourth-order valence-corrected chi connectivity index (χ4v) is 1.31. The van der Waals surface area contributed by atoms with Gasteiger partial charge in [0.25, 0.3) is 0 Å². The normalized spacial score (nSPS) is 12.1. The molecular formula is C10H12N2O3. The zero-order chi connectivity index (χ0) is 11.4. The number of nitro groups is 1. The van der Waals surface area contributed by atoms with Gasteiger partial charge in [0.1, 0.15) is 5.92 Å². The summed E-state index contributed by atoms with van der Waals surface area (Å²) in [6.07, 6.45) is 0. The van der Waals surface area contributed by atoms with E-state index >= 15 is 0 Å². The zero-order valence-corrected chi connectivity index (χ0v) is 8.34. The minimum atomic E-state index is -0.847. The summed E-state index contributed by atoms with van der Waals surface area (Å²) in [6, 6.07) is 6.97. The zero-order valence-electron chi connectivity index (χ0n) is 8.34. The maximum Gasteiger partial charge on any atom is 0.231 e. The highest BCUT2D eigenvalue weighted by Gasteiger charge is 2.23. The van der Waals surface area contributed by atoms with Crippen molar-refractivity contribution in [2.45, 2.75) is 12.8 Å². The van der Waals surface area contributed by atoms with Gasteiger partial charge in [-0.1, -0.05) is 29.8 Å². The lowest BCUT2D eigenvalue weighted by atomic mass is 9.98. The minimum absolute atomic E-state index is 0.460. The van der Waals surface area contributed by atoms with Crippen LogP contribution in [0.1, 0.15) is 17.0 Å². The van der Waals surface area contributed by atoms with Crippen molar-refractivity contribution in [3.05, 3.63) is 45.5 Å². The fourth-order valence-electron chi connectivity index (χ4n) is 1.31. The Bertz CT molecular complexity index is 373. The molecule has 0 aliphatic carbocycles. The lowest BCUT2D eigenvalue weighted by Gasteiger charge is -2.09. The van der Waals surface area contributed by atoms with Crippen molar-refractivity contribution in [1.29, 1.82) is 0 Å². The number of carbonyl (C=O) groups is 1. The Morgan fingerprint density at radius 1 is 1.47 bits per heavy atom. The van der Waals surface area contributed by atoms with Crippen molar-refractivity contribution < 1.29 is 9.72 Å². The molecular weight excluding hydrogens is 196 g/mol. The number of aryl methyl sites for hydroxylation is 1. The van der Waals surface area contributed by atoms with Crippen molar-refractivity contribution in [3.8, 4) is 0 Å². The van der Waals surface area contributed by atoms with Crippen molar-refractivity contribution in [1.82, 2.24) is 0 Å². The first-order valence-electron chi connectivity index (χ1n) is 4.48. The first-order valence-corrected chi connectivity index (χ1v) is 4.48. The number of amides is 1. The number of rotatable bonds is 4. The molecule has 80 valence electrons. The number of benzene rings is 1. The third-order valence-electron chi connectivity index (χ3n) is 2.15. The van der Waals surface area contributed by atoms with Crippen LogP contribution in [0.2, 0.25) is 0 Å². The molecule has 1 amide bonds. The van der Waals surface area contributed by atoms with E-state index in [4.69, 9.17) is 5.73 Å². The summed E-state index contributed by atoms with van der Waals surface area (Å²) in [5.41, 5.74) is 6.73. The number of primary amides is 1. The van der Waals surface area contributed by atoms with Gasteiger partial charge in [-0.05, 0) is 12.5 Å². The van der Waals surface area contributed by atoms with E-state index in [0.717, 1.165) is 5.56 Å². The molecule has 0 radical (unpaired) electrons. The third kappa shape index (κ3) is 3.05. The Balaban J connectivity index is 2.94. The maximum atomic E-state index is 11.0. The van der Waals surface area contributed by atoms with Gasteiger partial charge in [-0.15, -0.1) is 0 Å². The molecule has 0 heterocycles. The van der Waals surface area contributed by atoms with Crippen molar-refractivity contribution in [3.63, 3.8) is 0 Å². The Morgan fingerprint density at radius 3 is 2.40 bits per heavy atom. The van der Waals surface area contributed by atoms with Crippen LogP contribution in [0.15, 0.2) is 24.3 Å². The summed E-state index contributed by atoms with van der Waals surface area (Å²) in [7, 11) is 0. The molecule has 0 saturated heterocycles. The van der Waals surface area contributed by atoms with E-state index in [1.54, 1.807) is 24.3 Å². The van der Waals surface area contributed by atoms with Gasteiger partial charge in [0.15, 0.2) is 0 Å². The largest absolute Gasteiger partial charge is 0.369 e. The molecule has 15 heavy (non-hydrogen) atoms. The SMILES string of the molecule is Cc1ccc([C@H](C[N+](=O)[O-])C(N)=O)cc1. The summed E-state index contributed by atoms with van der Waals surface area (Å²) in [4.78, 5) is 20.9. The quantitative estimate of drug-likeness (QED) is 0.587. The van der Waals surface area contributed by atoms with Crippen LogP contribution in [0.3, 0.4) is 0 Å². The Kier molecular flexibility index (Phi) is 3.38. The van der Waals surface area contributed by atoms with Gasteiger partial charge < -0.3 is 5.73 Å². The molecule has 1 rings (SSSR count). The molecule has 0 saturated carbocycles. The van der Waals surface area contributed by atoms with Crippen LogP contribution in [0.5, 0.6) is 0 Å². The number of hydrogen-bond donors (Lipinski definition) is 1. The Hall–Kier alpha value is -1.91. The second kappa shape index (κ2) is 4.54. The fraction of sp³-hybridized carbons (Fsp3) is 0.300. The molecule has 5 nitrogen and oxygen atoms in total. The smallest absolute Gasteiger partial charge is 0.231 e. The molecule has 0 bridgehead atoms. The average Bonchev–Trinajstić information content (AvgIpc) is 2.15. The van der Waals surface area contributed by atoms with Gasteiger partial charge in [-0.25, -0.2) is 0 Å². The van der Waals surface area contributed by atoms with E-state index in [-0.39, 0.29) is 0 Å². The molecule has 1 aromatic rings. The topological polar surface area (TPSA) is 86.2 Å². The first-order chi connectivity index (χ1) is 7.00. The van der Waals surface area contributed by atoms with Crippen LogP contribution in [0.25, 0.3) is 0 Å². The molecule has 5 heteroatoms. The number of carbonyl (C=O) groups excluding carboxylic acids is 1. The number of nitrogens with zero attached hydrogens (tertiary/aromatic N) is 1. The molecule has 2 N–H and O–H groups in total. The molecule has 0 unspecified atom stereocenters. The second-order valence-corrected chi connectivity index (χ2v) is 3.38. The molecule has 0 spiro atoms. The van der Waals surface area contributed by atoms with Crippen molar-refractivity contribution in [2.24, 2.45) is 5.73 Å². The monoisotopic (exact) mass is 208 g/mol. The van der Waals surface area contributed by atoms with Crippen LogP contribution in [0, 0.1) is 17.0 Å². The molecule has 0 aliphatic rings. The van der Waals surface area contributed by atoms with Crippen LogP contribution >= 0.6 is 0 Å². The summed E-state index contributed by atoms with van der Waals surface area (Å²) >= 11 is 0. The Morgan fingerprint density at radius 2 is 2.00 bits per heavy atom. The molecule has 0 aliphatic heterocycles. The predicted octanol–water partition coefficient (Wildman–Crippen LogP) is 0.841. The predicted molar refractivity (Wildman–Crippen MR) is 55.0 cm³/mol. The first kappa shape index (κ1) is 11.2. The second-order valence-electron chi connectivity index (χ2n) is 3.38. The Labute approximate surface area is 87.0 Å². The van der Waals surface area contributed by atoms with Gasteiger partial charge in [0, 0.05) is 4.92 Å². The van der Waals surface area contributed by atoms with Gasteiger partial charge in [-0.3, -0.25) is 14.9 Å². The van der Waals surface area contributed by atoms with E-state index in [1.165, 1.54) is 0 Å². The molecule has 0 fully saturated rings. The highest BCUT2D eigenvalue weighted by molar-refractivity contribution is 5.82. The third-order valence-corrected chi connectivity index (χ3v) is 2.15. The average molecular weight is 208 g/mol. The van der Waals surface area contributed by atoms with Crippen LogP contribution in [0.4, 0.5) is 0 Å². The van der Waals surface area contributed by atoms with E-state index in [0.29, 0.717) is 5.56 Å². The van der Waals surface area contributed by atoms with Crippen molar-refractivity contribution >= 4 is 5.91 Å². The van der Waals surface area contributed by atoms with Gasteiger partial charge in [0.05, 0.1) is 0 Å². The lowest BCUT2D eigenvalue weighted by molar-refractivity contribution is -0.481. The van der Waals surface area contributed by atoms with E-state index in [1.807, 2.05) is 6.92 Å². The summed E-state index contributed by atoms with van der Waals surface area (Å²) in [5, 5.41) is 10.4. The molecule has 0 aromatic heterocycles. The van der Waals surface area contributed by atoms with E-state index in [2.05, 4.69) is 0 Å². The van der Waals surface area contributed by atoms with Crippen LogP contribution in [-0.4, -0.2) is 17.4 Å². The van der Waals surface area contributed by atoms with Gasteiger partial charge in [-0.2, -0.15) is 0 Å². The van der Waals surface area contributed by atoms with Gasteiger partial charge in [0.2, 0.25) is 12.5 Å². The molecule has 1 atom stereocenters. The van der Waals surface area contributed by atoms with Crippen LogP contribution < -0.4 is 5.73 Å². The van der Waals surface area contributed by atoms with Crippen LogP contribution in [-0.2, 0) is 4.79 Å². The highest BCUT2D eigenvalue weighted by atomic mass is 16.6. The summed E-state index contributed by atoms with van der Waals surface area (Å²) in [5.74, 6) is -1.52. The number of hydrogen-bond acceptors (Lipinski definition) is 3. The minimum Gasteiger partial charge on any atom is -0.369 e. The van der Waals surface area contributed by atoms with E-state index in [9.17, 15) is 14.9 Å². The summed E-state index contributed by atoms with van der Waals surface area (Å²) in [6.45, 7) is 1.44. The standard InChI is InChI=1S/C10H12N2O3/c1-7-2-4-8(5-3-7)9(10(11)13)6-12(14)15/h2-5,9H,6H2,1H3,(H2,11,13)/t9-/m0/s1. The van der Waals surface area contributed by atoms with E-state index < -0.39 is 23.3 Å². The maximum absolute atomic E-state index is 11.0.